The molecule has 0 unspecified atom stereocenters. The van der Waals surface area contributed by atoms with Gasteiger partial charge in [-0.1, -0.05) is 27.5 Å². The van der Waals surface area contributed by atoms with Crippen LogP contribution in [-0.4, -0.2) is 33.8 Å². The Balaban J connectivity index is 1.83. The number of benzene rings is 3. The SMILES string of the molecule is CCOc1ccc(C(=O)N/N=C/c2cc(Br)cc(Br)c2OS(=O)(=O)c2ccc(Cl)cc2)cc1OCC. The highest BCUT2D eigenvalue weighted by Gasteiger charge is 2.21. The molecule has 0 fully saturated rings. The first-order valence-corrected chi connectivity index (χ1v) is 13.9. The number of hydrogen-bond acceptors (Lipinski definition) is 7. The molecule has 0 bridgehead atoms. The van der Waals surface area contributed by atoms with Crippen molar-refractivity contribution in [2.45, 2.75) is 18.7 Å². The van der Waals surface area contributed by atoms with Crippen molar-refractivity contribution in [3.05, 3.63) is 79.7 Å². The molecule has 0 heterocycles. The molecule has 0 saturated carbocycles. The van der Waals surface area contributed by atoms with Crippen LogP contribution >= 0.6 is 43.5 Å². The zero-order valence-electron chi connectivity index (χ0n) is 19.1. The van der Waals surface area contributed by atoms with Crippen LogP contribution in [0.15, 0.2) is 73.5 Å². The lowest BCUT2D eigenvalue weighted by Crippen LogP contribution is -2.18. The number of ether oxygens (including phenoxy) is 2. The minimum atomic E-state index is -4.17. The van der Waals surface area contributed by atoms with E-state index >= 15 is 0 Å². The molecule has 0 aliphatic heterocycles. The zero-order valence-corrected chi connectivity index (χ0v) is 23.9. The van der Waals surface area contributed by atoms with Gasteiger partial charge in [0, 0.05) is 20.6 Å². The number of hydrogen-bond donors (Lipinski definition) is 1. The van der Waals surface area contributed by atoms with Crippen LogP contribution in [0.25, 0.3) is 0 Å². The smallest absolute Gasteiger partial charge is 0.339 e. The van der Waals surface area contributed by atoms with Crippen molar-refractivity contribution >= 4 is 65.7 Å². The van der Waals surface area contributed by atoms with Gasteiger partial charge in [-0.05, 0) is 84.4 Å². The molecule has 0 saturated heterocycles. The Bertz CT molecular complexity index is 1380. The van der Waals surface area contributed by atoms with E-state index in [1.165, 1.54) is 30.5 Å². The number of amides is 1. The summed E-state index contributed by atoms with van der Waals surface area (Å²) >= 11 is 12.5. The number of nitrogens with zero attached hydrogens (tertiary/aromatic N) is 1. The average Bonchev–Trinajstić information content (AvgIpc) is 2.83. The summed E-state index contributed by atoms with van der Waals surface area (Å²) < 4.78 is 43.0. The van der Waals surface area contributed by atoms with Gasteiger partial charge in [0.15, 0.2) is 17.2 Å². The fourth-order valence-corrected chi connectivity index (χ4v) is 5.48. The molecule has 3 aromatic rings. The molecule has 12 heteroatoms. The van der Waals surface area contributed by atoms with E-state index in [1.54, 1.807) is 30.3 Å². The fourth-order valence-electron chi connectivity index (χ4n) is 2.94. The summed E-state index contributed by atoms with van der Waals surface area (Å²) in [5.74, 6) is 0.462. The standard InChI is InChI=1S/C24H21Br2ClN2O6S/c1-3-33-21-10-5-15(12-22(21)34-4-2)24(30)29-28-14-16-11-17(25)13-20(26)23(16)35-36(31,32)19-8-6-18(27)7-9-19/h5-14H,3-4H2,1-2H3,(H,29,30)/b28-14+. The van der Waals surface area contributed by atoms with Crippen LogP contribution in [-0.2, 0) is 10.1 Å². The Kier molecular flexibility index (Phi) is 9.77. The molecule has 8 nitrogen and oxygen atoms in total. The van der Waals surface area contributed by atoms with Gasteiger partial charge < -0.3 is 13.7 Å². The number of halogens is 3. The Hall–Kier alpha value is -2.60. The molecule has 3 rings (SSSR count). The third-order valence-corrected chi connectivity index (χ3v) is 7.04. The van der Waals surface area contributed by atoms with Gasteiger partial charge in [0.1, 0.15) is 4.90 Å². The molecule has 1 amide bonds. The summed E-state index contributed by atoms with van der Waals surface area (Å²) in [7, 11) is -4.17. The van der Waals surface area contributed by atoms with Gasteiger partial charge in [-0.25, -0.2) is 5.43 Å². The molecular formula is C24H21Br2ClN2O6S. The molecule has 0 radical (unpaired) electrons. The van der Waals surface area contributed by atoms with Crippen LogP contribution < -0.4 is 19.1 Å². The van der Waals surface area contributed by atoms with Gasteiger partial charge in [0.05, 0.1) is 23.9 Å². The summed E-state index contributed by atoms with van der Waals surface area (Å²) in [4.78, 5) is 12.6. The van der Waals surface area contributed by atoms with Crippen molar-refractivity contribution < 1.29 is 26.9 Å². The topological polar surface area (TPSA) is 103 Å². The molecule has 0 aliphatic carbocycles. The van der Waals surface area contributed by atoms with E-state index in [0.717, 1.165) is 0 Å². The minimum Gasteiger partial charge on any atom is -0.490 e. The summed E-state index contributed by atoms with van der Waals surface area (Å²) in [6.07, 6.45) is 1.28. The quantitative estimate of drug-likeness (QED) is 0.158. The van der Waals surface area contributed by atoms with Crippen LogP contribution in [0.4, 0.5) is 0 Å². The van der Waals surface area contributed by atoms with Gasteiger partial charge in [-0.3, -0.25) is 4.79 Å². The highest BCUT2D eigenvalue weighted by molar-refractivity contribution is 9.11. The molecule has 0 aliphatic rings. The van der Waals surface area contributed by atoms with Gasteiger partial charge in [-0.2, -0.15) is 13.5 Å². The van der Waals surface area contributed by atoms with Gasteiger partial charge >= 0.3 is 10.1 Å². The molecular weight excluding hydrogens is 640 g/mol. The second-order valence-corrected chi connectivity index (χ2v) is 10.8. The summed E-state index contributed by atoms with van der Waals surface area (Å²) in [6, 6.07) is 13.6. The van der Waals surface area contributed by atoms with Crippen molar-refractivity contribution in [3.63, 3.8) is 0 Å². The second-order valence-electron chi connectivity index (χ2n) is 7.02. The molecule has 3 aromatic carbocycles. The first-order valence-electron chi connectivity index (χ1n) is 10.6. The number of carbonyl (C=O) groups is 1. The van der Waals surface area contributed by atoms with Crippen molar-refractivity contribution in [3.8, 4) is 17.2 Å². The van der Waals surface area contributed by atoms with Crippen LogP contribution in [0.3, 0.4) is 0 Å². The van der Waals surface area contributed by atoms with Crippen molar-refractivity contribution in [2.24, 2.45) is 5.10 Å². The molecule has 0 aromatic heterocycles. The van der Waals surface area contributed by atoms with Crippen molar-refractivity contribution in [2.75, 3.05) is 13.2 Å². The number of hydrazone groups is 1. The minimum absolute atomic E-state index is 0.00847. The Morgan fingerprint density at radius 1 is 1.00 bits per heavy atom. The van der Waals surface area contributed by atoms with E-state index in [-0.39, 0.29) is 16.2 Å². The maximum Gasteiger partial charge on any atom is 0.339 e. The highest BCUT2D eigenvalue weighted by atomic mass is 79.9. The molecule has 0 atom stereocenters. The second kappa shape index (κ2) is 12.6. The number of nitrogens with one attached hydrogen (secondary N) is 1. The van der Waals surface area contributed by atoms with E-state index in [1.807, 2.05) is 13.8 Å². The predicted octanol–water partition coefficient (Wildman–Crippen LogP) is 6.19. The molecule has 190 valence electrons. The average molecular weight is 661 g/mol. The van der Waals surface area contributed by atoms with Crippen LogP contribution in [0.2, 0.25) is 5.02 Å². The Morgan fingerprint density at radius 2 is 1.67 bits per heavy atom. The fraction of sp³-hybridized carbons (Fsp3) is 0.167. The maximum absolute atomic E-state index is 12.8. The largest absolute Gasteiger partial charge is 0.490 e. The third-order valence-electron chi connectivity index (χ3n) is 4.51. The van der Waals surface area contributed by atoms with Crippen LogP contribution in [0, 0.1) is 0 Å². The van der Waals surface area contributed by atoms with Gasteiger partial charge in [-0.15, -0.1) is 0 Å². The summed E-state index contributed by atoms with van der Waals surface area (Å²) in [5, 5.41) is 4.37. The monoisotopic (exact) mass is 658 g/mol. The van der Waals surface area contributed by atoms with E-state index in [2.05, 4.69) is 42.4 Å². The lowest BCUT2D eigenvalue weighted by Gasteiger charge is -2.12. The Morgan fingerprint density at radius 3 is 2.33 bits per heavy atom. The predicted molar refractivity (Wildman–Crippen MR) is 145 cm³/mol. The van der Waals surface area contributed by atoms with Crippen LogP contribution in [0.1, 0.15) is 29.8 Å². The first-order chi connectivity index (χ1) is 17.1. The first kappa shape index (κ1) is 28.0. The normalized spacial score (nSPS) is 11.4. The van der Waals surface area contributed by atoms with Gasteiger partial charge in [0.2, 0.25) is 0 Å². The van der Waals surface area contributed by atoms with E-state index in [9.17, 15) is 13.2 Å². The lowest BCUT2D eigenvalue weighted by atomic mass is 10.2. The lowest BCUT2D eigenvalue weighted by molar-refractivity contribution is 0.0954. The van der Waals surface area contributed by atoms with Crippen LogP contribution in [0.5, 0.6) is 17.2 Å². The van der Waals surface area contributed by atoms with E-state index in [0.29, 0.717) is 44.2 Å². The molecule has 1 N–H and O–H groups in total. The maximum atomic E-state index is 12.8. The van der Waals surface area contributed by atoms with Crippen molar-refractivity contribution in [1.82, 2.24) is 5.43 Å². The van der Waals surface area contributed by atoms with E-state index in [4.69, 9.17) is 25.3 Å². The number of carbonyl (C=O) groups excluding carboxylic acids is 1. The zero-order chi connectivity index (χ0) is 26.3. The highest BCUT2D eigenvalue weighted by Crippen LogP contribution is 2.34. The Labute approximate surface area is 231 Å². The van der Waals surface area contributed by atoms with E-state index < -0.39 is 16.0 Å². The summed E-state index contributed by atoms with van der Waals surface area (Å²) in [6.45, 7) is 4.54. The molecule has 36 heavy (non-hydrogen) atoms. The van der Waals surface area contributed by atoms with Crippen molar-refractivity contribution in [1.29, 1.82) is 0 Å². The third kappa shape index (κ3) is 7.22. The summed E-state index contributed by atoms with van der Waals surface area (Å²) in [5.41, 5.74) is 3.01. The molecule has 0 spiro atoms. The number of rotatable bonds is 10. The van der Waals surface area contributed by atoms with Gasteiger partial charge in [0.25, 0.3) is 5.91 Å².